The summed E-state index contributed by atoms with van der Waals surface area (Å²) < 4.78 is 72.7. The lowest BCUT2D eigenvalue weighted by atomic mass is 10.1. The number of nitrogens with zero attached hydrogens (tertiary/aromatic N) is 1. The van der Waals surface area contributed by atoms with Crippen LogP contribution in [0.3, 0.4) is 0 Å². The van der Waals surface area contributed by atoms with Crippen LogP contribution in [0, 0.1) is 11.3 Å². The third-order valence-electron chi connectivity index (χ3n) is 1.18. The predicted molar refractivity (Wildman–Crippen MR) is 31.3 cm³/mol. The van der Waals surface area contributed by atoms with Crippen molar-refractivity contribution in [3.8, 4) is 6.07 Å². The number of nitriles is 1. The van der Waals surface area contributed by atoms with Gasteiger partial charge in [-0.15, -0.1) is 0 Å². The van der Waals surface area contributed by atoms with Gasteiger partial charge in [0.2, 0.25) is 0 Å². The second-order valence-electron chi connectivity index (χ2n) is 2.11. The number of rotatable bonds is 3. The van der Waals surface area contributed by atoms with Crippen LogP contribution in [0.25, 0.3) is 0 Å². The lowest BCUT2D eigenvalue weighted by Crippen LogP contribution is -2.56. The minimum Gasteiger partial charge on any atom is -0.274 e. The summed E-state index contributed by atoms with van der Waals surface area (Å²) in [6.07, 6.45) is 0. The van der Waals surface area contributed by atoms with Crippen molar-refractivity contribution >= 4 is 16.8 Å². The molecule has 0 heterocycles. The van der Waals surface area contributed by atoms with Crippen molar-refractivity contribution in [3.63, 3.8) is 0 Å². The van der Waals surface area contributed by atoms with Crippen molar-refractivity contribution in [1.29, 1.82) is 5.26 Å². The molecule has 0 aromatic heterocycles. The van der Waals surface area contributed by atoms with Gasteiger partial charge in [0.1, 0.15) is 6.07 Å². The number of carbonyl (C=O) groups is 1. The topological polar surface area (TPSA) is 40.9 Å². The standard InChI is InChI=1S/C5ClF6NO/c6-2(14)4(9,10)5(11,12)3(7,8)1-13. The maximum absolute atomic E-state index is 12.2. The van der Waals surface area contributed by atoms with E-state index < -0.39 is 23.0 Å². The van der Waals surface area contributed by atoms with Crippen molar-refractivity contribution in [2.75, 3.05) is 0 Å². The van der Waals surface area contributed by atoms with E-state index in [9.17, 15) is 31.1 Å². The quantitative estimate of drug-likeness (QED) is 0.559. The Balaban J connectivity index is 5.38. The molecule has 0 atom stereocenters. The predicted octanol–water partition coefficient (Wildman–Crippen LogP) is 2.18. The Morgan fingerprint density at radius 2 is 1.50 bits per heavy atom. The molecule has 0 radical (unpaired) electrons. The highest BCUT2D eigenvalue weighted by Crippen LogP contribution is 2.46. The van der Waals surface area contributed by atoms with E-state index >= 15 is 0 Å². The van der Waals surface area contributed by atoms with Crippen LogP contribution in [0.5, 0.6) is 0 Å². The smallest absolute Gasteiger partial charge is 0.274 e. The summed E-state index contributed by atoms with van der Waals surface area (Å²) in [6, 6.07) is -0.332. The largest absolute Gasteiger partial charge is 0.400 e. The SMILES string of the molecule is N#CC(F)(F)C(F)(F)C(F)(F)C(=O)Cl. The molecule has 0 unspecified atom stereocenters. The van der Waals surface area contributed by atoms with E-state index in [1.807, 2.05) is 0 Å². The monoisotopic (exact) mass is 239 g/mol. The van der Waals surface area contributed by atoms with Crippen molar-refractivity contribution in [1.82, 2.24) is 0 Å². The van der Waals surface area contributed by atoms with E-state index in [4.69, 9.17) is 5.26 Å². The molecule has 0 rings (SSSR count). The van der Waals surface area contributed by atoms with Gasteiger partial charge in [0, 0.05) is 0 Å². The summed E-state index contributed by atoms with van der Waals surface area (Å²) >= 11 is 4.01. The number of alkyl halides is 6. The molecule has 0 aromatic rings. The van der Waals surface area contributed by atoms with Gasteiger partial charge in [0.25, 0.3) is 5.24 Å². The van der Waals surface area contributed by atoms with Crippen LogP contribution < -0.4 is 0 Å². The van der Waals surface area contributed by atoms with Crippen molar-refractivity contribution in [2.24, 2.45) is 0 Å². The summed E-state index contributed by atoms with van der Waals surface area (Å²) in [6.45, 7) is 0. The molecule has 0 aliphatic rings. The van der Waals surface area contributed by atoms with Gasteiger partial charge in [-0.2, -0.15) is 31.6 Å². The fourth-order valence-corrected chi connectivity index (χ4v) is 0.509. The van der Waals surface area contributed by atoms with Crippen LogP contribution in [0.15, 0.2) is 0 Å². The first-order valence-electron chi connectivity index (χ1n) is 2.75. The number of hydrogen-bond acceptors (Lipinski definition) is 2. The lowest BCUT2D eigenvalue weighted by Gasteiger charge is -2.25. The first-order chi connectivity index (χ1) is 6.00. The highest BCUT2D eigenvalue weighted by Gasteiger charge is 2.75. The Bertz CT molecular complexity index is 295. The highest BCUT2D eigenvalue weighted by molar-refractivity contribution is 6.65. The third-order valence-corrected chi connectivity index (χ3v) is 1.41. The summed E-state index contributed by atoms with van der Waals surface area (Å²) in [7, 11) is 0. The fraction of sp³-hybridized carbons (Fsp3) is 0.600. The molecule has 0 bridgehead atoms. The summed E-state index contributed by atoms with van der Waals surface area (Å²) in [4.78, 5) is 9.77. The maximum Gasteiger partial charge on any atom is 0.400 e. The lowest BCUT2D eigenvalue weighted by molar-refractivity contribution is -0.274. The van der Waals surface area contributed by atoms with Crippen LogP contribution in [0.4, 0.5) is 26.3 Å². The van der Waals surface area contributed by atoms with E-state index in [1.54, 1.807) is 0 Å². The van der Waals surface area contributed by atoms with Gasteiger partial charge in [-0.3, -0.25) is 4.79 Å². The Morgan fingerprint density at radius 3 is 1.71 bits per heavy atom. The average molecular weight is 240 g/mol. The molecule has 0 amide bonds. The first kappa shape index (κ1) is 13.0. The zero-order valence-corrected chi connectivity index (χ0v) is 6.76. The number of carbonyl (C=O) groups excluding carboxylic acids is 1. The molecule has 80 valence electrons. The molecule has 0 saturated carbocycles. The molecule has 0 aromatic carbocycles. The third kappa shape index (κ3) is 1.64. The molecule has 0 saturated heterocycles. The van der Waals surface area contributed by atoms with Crippen molar-refractivity contribution in [2.45, 2.75) is 17.8 Å². The van der Waals surface area contributed by atoms with Gasteiger partial charge < -0.3 is 0 Å². The van der Waals surface area contributed by atoms with Crippen molar-refractivity contribution in [3.05, 3.63) is 0 Å². The zero-order valence-electron chi connectivity index (χ0n) is 6.00. The van der Waals surface area contributed by atoms with E-state index in [-0.39, 0.29) is 6.07 Å². The molecule has 0 aliphatic heterocycles. The van der Waals surface area contributed by atoms with E-state index in [0.717, 1.165) is 0 Å². The second kappa shape index (κ2) is 3.31. The molecule has 9 heteroatoms. The first-order valence-corrected chi connectivity index (χ1v) is 3.13. The van der Waals surface area contributed by atoms with Gasteiger partial charge in [-0.1, -0.05) is 0 Å². The molecule has 0 N–H and O–H groups in total. The fourth-order valence-electron chi connectivity index (χ4n) is 0.391. The minimum absolute atomic E-state index is 0.332. The Hall–Kier alpha value is -0.970. The number of halogens is 7. The van der Waals surface area contributed by atoms with Crippen LogP contribution in [0.1, 0.15) is 0 Å². The molecule has 2 nitrogen and oxygen atoms in total. The minimum atomic E-state index is -6.15. The van der Waals surface area contributed by atoms with Gasteiger partial charge in [-0.05, 0) is 11.6 Å². The highest BCUT2D eigenvalue weighted by atomic mass is 35.5. The van der Waals surface area contributed by atoms with Crippen molar-refractivity contribution < 1.29 is 31.1 Å². The van der Waals surface area contributed by atoms with Gasteiger partial charge in [0.05, 0.1) is 0 Å². The summed E-state index contributed by atoms with van der Waals surface area (Å²) in [5.74, 6) is -17.6. The molecule has 14 heavy (non-hydrogen) atoms. The van der Waals surface area contributed by atoms with Crippen LogP contribution >= 0.6 is 11.6 Å². The van der Waals surface area contributed by atoms with E-state index in [0.29, 0.717) is 0 Å². The van der Waals surface area contributed by atoms with Crippen LogP contribution in [-0.4, -0.2) is 23.0 Å². The number of hydrogen-bond donors (Lipinski definition) is 0. The van der Waals surface area contributed by atoms with Gasteiger partial charge >= 0.3 is 17.8 Å². The van der Waals surface area contributed by atoms with Crippen LogP contribution in [-0.2, 0) is 4.79 Å². The van der Waals surface area contributed by atoms with Gasteiger partial charge in [-0.25, -0.2) is 0 Å². The molecular formula is C5ClF6NO. The Kier molecular flexibility index (Phi) is 3.08. The van der Waals surface area contributed by atoms with E-state index in [1.165, 1.54) is 0 Å². The maximum atomic E-state index is 12.2. The second-order valence-corrected chi connectivity index (χ2v) is 2.45. The molecular weight excluding hydrogens is 240 g/mol. The molecule has 0 spiro atoms. The molecule has 0 aliphatic carbocycles. The van der Waals surface area contributed by atoms with Gasteiger partial charge in [0.15, 0.2) is 0 Å². The normalized spacial score (nSPS) is 13.6. The van der Waals surface area contributed by atoms with E-state index in [2.05, 4.69) is 11.6 Å². The zero-order chi connectivity index (χ0) is 11.8. The Labute approximate surface area is 78.0 Å². The summed E-state index contributed by atoms with van der Waals surface area (Å²) in [5.41, 5.74) is 0. The summed E-state index contributed by atoms with van der Waals surface area (Å²) in [5, 5.41) is 4.55. The van der Waals surface area contributed by atoms with Crippen LogP contribution in [0.2, 0.25) is 0 Å². The Morgan fingerprint density at radius 1 is 1.14 bits per heavy atom. The average Bonchev–Trinajstić information content (AvgIpc) is 2.03. The molecule has 0 fully saturated rings.